The van der Waals surface area contributed by atoms with Gasteiger partial charge in [0.15, 0.2) is 0 Å². The third-order valence-electron chi connectivity index (χ3n) is 6.30. The molecule has 2 amide bonds. The summed E-state index contributed by atoms with van der Waals surface area (Å²) in [4.78, 5) is 36.1. The molecule has 0 atom stereocenters. The molecule has 1 fully saturated rings. The maximum absolute atomic E-state index is 12.4. The number of methoxy groups -OCH3 is 1. The number of hydrogen-bond acceptors (Lipinski definition) is 5. The lowest BCUT2D eigenvalue weighted by Gasteiger charge is -2.28. The van der Waals surface area contributed by atoms with Gasteiger partial charge in [0.1, 0.15) is 5.75 Å². The Hall–Kier alpha value is -3.35. The van der Waals surface area contributed by atoms with E-state index < -0.39 is 0 Å². The van der Waals surface area contributed by atoms with Crippen molar-refractivity contribution in [1.29, 1.82) is 0 Å². The molecule has 7 heteroatoms. The quantitative estimate of drug-likeness (QED) is 0.406. The smallest absolute Gasteiger partial charge is 0.305 e. The van der Waals surface area contributed by atoms with E-state index >= 15 is 0 Å². The molecule has 1 aliphatic carbocycles. The summed E-state index contributed by atoms with van der Waals surface area (Å²) in [6, 6.07) is 14.7. The van der Waals surface area contributed by atoms with E-state index in [1.54, 1.807) is 24.3 Å². The van der Waals surface area contributed by atoms with E-state index in [-0.39, 0.29) is 17.8 Å². The highest BCUT2D eigenvalue weighted by atomic mass is 16.5. The molecule has 2 aromatic carbocycles. The van der Waals surface area contributed by atoms with Crippen LogP contribution in [0, 0.1) is 5.92 Å². The van der Waals surface area contributed by atoms with Crippen LogP contribution in [0.25, 0.3) is 0 Å². The Kier molecular flexibility index (Phi) is 9.50. The van der Waals surface area contributed by atoms with Crippen molar-refractivity contribution in [2.24, 2.45) is 5.92 Å². The fourth-order valence-electron chi connectivity index (χ4n) is 4.35. The average molecular weight is 467 g/mol. The lowest BCUT2D eigenvalue weighted by atomic mass is 9.77. The second-order valence-corrected chi connectivity index (χ2v) is 8.59. The summed E-state index contributed by atoms with van der Waals surface area (Å²) in [5, 5.41) is 5.65. The Morgan fingerprint density at radius 1 is 0.824 bits per heavy atom. The van der Waals surface area contributed by atoms with E-state index in [4.69, 9.17) is 9.47 Å². The predicted molar refractivity (Wildman–Crippen MR) is 130 cm³/mol. The second kappa shape index (κ2) is 12.8. The number of carbonyl (C=O) groups excluding carboxylic acids is 3. The van der Waals surface area contributed by atoms with E-state index in [1.807, 2.05) is 31.2 Å². The zero-order chi connectivity index (χ0) is 24.3. The van der Waals surface area contributed by atoms with Gasteiger partial charge in [0, 0.05) is 30.6 Å². The number of rotatable bonds is 10. The molecule has 0 bridgehead atoms. The van der Waals surface area contributed by atoms with Crippen molar-refractivity contribution in [2.75, 3.05) is 26.8 Å². The largest absolute Gasteiger partial charge is 0.494 e. The summed E-state index contributed by atoms with van der Waals surface area (Å²) < 4.78 is 10.2. The third-order valence-corrected chi connectivity index (χ3v) is 6.30. The molecule has 2 aromatic rings. The number of amides is 2. The van der Waals surface area contributed by atoms with Crippen LogP contribution in [0.3, 0.4) is 0 Å². The maximum atomic E-state index is 12.4. The summed E-state index contributed by atoms with van der Waals surface area (Å²) in [5.41, 5.74) is 2.38. The van der Waals surface area contributed by atoms with Gasteiger partial charge >= 0.3 is 5.97 Å². The van der Waals surface area contributed by atoms with Gasteiger partial charge in [0.05, 0.1) is 13.7 Å². The maximum Gasteiger partial charge on any atom is 0.305 e. The number of carbonyl (C=O) groups is 3. The lowest BCUT2D eigenvalue weighted by Crippen LogP contribution is -2.34. The number of ether oxygens (including phenoxy) is 2. The molecule has 0 aromatic heterocycles. The van der Waals surface area contributed by atoms with Crippen LogP contribution in [-0.2, 0) is 9.53 Å². The van der Waals surface area contributed by atoms with Crippen LogP contribution in [0.5, 0.6) is 5.75 Å². The highest BCUT2D eigenvalue weighted by Gasteiger charge is 2.24. The van der Waals surface area contributed by atoms with Gasteiger partial charge in [-0.3, -0.25) is 14.4 Å². The van der Waals surface area contributed by atoms with Gasteiger partial charge in [0.25, 0.3) is 11.8 Å². The Bertz CT molecular complexity index is 948. The van der Waals surface area contributed by atoms with Gasteiger partial charge < -0.3 is 20.1 Å². The van der Waals surface area contributed by atoms with Crippen LogP contribution >= 0.6 is 0 Å². The molecule has 0 unspecified atom stereocenters. The minimum absolute atomic E-state index is 0.130. The van der Waals surface area contributed by atoms with Crippen molar-refractivity contribution in [1.82, 2.24) is 10.6 Å². The van der Waals surface area contributed by atoms with Crippen LogP contribution in [0.15, 0.2) is 48.5 Å². The molecule has 3 rings (SSSR count). The molecule has 7 nitrogen and oxygen atoms in total. The van der Waals surface area contributed by atoms with E-state index in [9.17, 15) is 14.4 Å². The van der Waals surface area contributed by atoms with E-state index in [0.29, 0.717) is 49.1 Å². The van der Waals surface area contributed by atoms with Gasteiger partial charge in [0.2, 0.25) is 0 Å². The van der Waals surface area contributed by atoms with Crippen LogP contribution in [0.2, 0.25) is 0 Å². The first-order chi connectivity index (χ1) is 16.5. The van der Waals surface area contributed by atoms with E-state index in [0.717, 1.165) is 31.4 Å². The molecule has 2 N–H and O–H groups in total. The molecule has 0 saturated heterocycles. The van der Waals surface area contributed by atoms with Crippen LogP contribution in [-0.4, -0.2) is 44.6 Å². The SMILES string of the molecule is CCOc1ccc(C(=O)NCCNC(=O)c2ccc(C3CCC(CC(=O)OC)CC3)cc2)cc1. The summed E-state index contributed by atoms with van der Waals surface area (Å²) in [7, 11) is 1.44. The molecule has 0 aliphatic heterocycles. The van der Waals surface area contributed by atoms with E-state index in [2.05, 4.69) is 10.6 Å². The molecular formula is C27H34N2O5. The highest BCUT2D eigenvalue weighted by molar-refractivity contribution is 5.95. The minimum atomic E-state index is -0.192. The van der Waals surface area contributed by atoms with Crippen LogP contribution in [0.1, 0.15) is 71.2 Å². The van der Waals surface area contributed by atoms with Gasteiger partial charge in [-0.2, -0.15) is 0 Å². The van der Waals surface area contributed by atoms with Crippen molar-refractivity contribution in [3.63, 3.8) is 0 Å². The van der Waals surface area contributed by atoms with Gasteiger partial charge in [-0.25, -0.2) is 0 Å². The van der Waals surface area contributed by atoms with Gasteiger partial charge in [-0.05, 0) is 86.4 Å². The summed E-state index contributed by atoms with van der Waals surface area (Å²) >= 11 is 0. The molecular weight excluding hydrogens is 432 g/mol. The normalized spacial score (nSPS) is 17.5. The number of esters is 1. The van der Waals surface area contributed by atoms with Crippen LogP contribution < -0.4 is 15.4 Å². The molecule has 182 valence electrons. The van der Waals surface area contributed by atoms with Gasteiger partial charge in [-0.1, -0.05) is 12.1 Å². The first kappa shape index (κ1) is 25.3. The molecule has 0 spiro atoms. The second-order valence-electron chi connectivity index (χ2n) is 8.59. The Morgan fingerprint density at radius 3 is 1.85 bits per heavy atom. The molecule has 0 heterocycles. The lowest BCUT2D eigenvalue weighted by molar-refractivity contribution is -0.142. The number of benzene rings is 2. The van der Waals surface area contributed by atoms with Gasteiger partial charge in [-0.15, -0.1) is 0 Å². The monoisotopic (exact) mass is 466 g/mol. The molecule has 1 aliphatic rings. The fraction of sp³-hybridized carbons (Fsp3) is 0.444. The Morgan fingerprint density at radius 2 is 1.35 bits per heavy atom. The average Bonchev–Trinajstić information content (AvgIpc) is 2.87. The van der Waals surface area contributed by atoms with E-state index in [1.165, 1.54) is 12.7 Å². The zero-order valence-electron chi connectivity index (χ0n) is 20.0. The standard InChI is InChI=1S/C27H34N2O5/c1-3-34-24-14-12-23(13-15-24)27(32)29-17-16-28-26(31)22-10-8-21(9-11-22)20-6-4-19(5-7-20)18-25(30)33-2/h8-15,19-20H,3-7,16-18H2,1-2H3,(H,28,31)(H,29,32). The Balaban J connectivity index is 1.38. The van der Waals surface area contributed by atoms with Crippen molar-refractivity contribution >= 4 is 17.8 Å². The highest BCUT2D eigenvalue weighted by Crippen LogP contribution is 2.37. The topological polar surface area (TPSA) is 93.7 Å². The minimum Gasteiger partial charge on any atom is -0.494 e. The predicted octanol–water partition coefficient (Wildman–Crippen LogP) is 4.08. The van der Waals surface area contributed by atoms with Crippen molar-refractivity contribution in [3.8, 4) is 5.75 Å². The third kappa shape index (κ3) is 7.33. The molecule has 34 heavy (non-hydrogen) atoms. The fourth-order valence-corrected chi connectivity index (χ4v) is 4.35. The Labute approximate surface area is 201 Å². The summed E-state index contributed by atoms with van der Waals surface area (Å²) in [6.45, 7) is 3.16. The molecule has 1 saturated carbocycles. The zero-order valence-corrected chi connectivity index (χ0v) is 20.0. The summed E-state index contributed by atoms with van der Waals surface area (Å²) in [5.74, 6) is 1.11. The van der Waals surface area contributed by atoms with Crippen molar-refractivity contribution < 1.29 is 23.9 Å². The number of nitrogens with one attached hydrogen (secondary N) is 2. The molecule has 0 radical (unpaired) electrons. The first-order valence-corrected chi connectivity index (χ1v) is 12.0. The number of hydrogen-bond donors (Lipinski definition) is 2. The van der Waals surface area contributed by atoms with Crippen molar-refractivity contribution in [3.05, 3.63) is 65.2 Å². The summed E-state index contributed by atoms with van der Waals surface area (Å²) in [6.07, 6.45) is 4.63. The van der Waals surface area contributed by atoms with Crippen molar-refractivity contribution in [2.45, 2.75) is 44.9 Å². The first-order valence-electron chi connectivity index (χ1n) is 12.0. The van der Waals surface area contributed by atoms with Crippen LogP contribution in [0.4, 0.5) is 0 Å².